The summed E-state index contributed by atoms with van der Waals surface area (Å²) in [4.78, 5) is 9.06. The number of hydrogen-bond acceptors (Lipinski definition) is 9. The number of benzene rings is 2. The van der Waals surface area contributed by atoms with Gasteiger partial charge in [-0.15, -0.1) is 11.3 Å². The molecule has 4 aromatic rings. The Balaban J connectivity index is 1.32. The van der Waals surface area contributed by atoms with E-state index in [2.05, 4.69) is 22.1 Å². The smallest absolute Gasteiger partial charge is 0.234 e. The zero-order chi connectivity index (χ0) is 28.1. The summed E-state index contributed by atoms with van der Waals surface area (Å²) >= 11 is 1.32. The number of nitrogen functional groups attached to an aromatic ring is 1. The largest absolute Gasteiger partial charge is 0.383 e. The predicted octanol–water partition coefficient (Wildman–Crippen LogP) is 5.14. The number of hydrogen-bond donors (Lipinski definition) is 2. The van der Waals surface area contributed by atoms with Crippen LogP contribution in [0.3, 0.4) is 0 Å². The van der Waals surface area contributed by atoms with E-state index in [-0.39, 0.29) is 19.1 Å². The second kappa shape index (κ2) is 12.6. The maximum absolute atomic E-state index is 12.4. The summed E-state index contributed by atoms with van der Waals surface area (Å²) in [6, 6.07) is 19.8. The van der Waals surface area contributed by atoms with E-state index in [1.54, 1.807) is 0 Å². The molecular weight excluding hydrogens is 538 g/mol. The van der Waals surface area contributed by atoms with Crippen molar-refractivity contribution < 1.29 is 24.1 Å². The first kappa shape index (κ1) is 27.7. The van der Waals surface area contributed by atoms with Crippen LogP contribution in [0, 0.1) is 5.92 Å². The predicted molar refractivity (Wildman–Crippen MR) is 158 cm³/mol. The fraction of sp³-hybridized carbons (Fsp3) is 0.312. The highest BCUT2D eigenvalue weighted by molar-refractivity contribution is 7.11. The molecule has 5 atom stereocenters. The molecule has 1 aliphatic carbocycles. The topological polar surface area (TPSA) is 109 Å². The zero-order valence-electron chi connectivity index (χ0n) is 22.5. The maximum atomic E-state index is 12.4. The van der Waals surface area contributed by atoms with Crippen molar-refractivity contribution in [3.05, 3.63) is 113 Å². The molecule has 2 aromatic heterocycles. The molecule has 0 amide bonds. The number of allylic oxidation sites excluding steroid dienone is 3. The van der Waals surface area contributed by atoms with E-state index in [0.29, 0.717) is 34.8 Å². The molecule has 2 aromatic carbocycles. The minimum Gasteiger partial charge on any atom is -0.383 e. The molecule has 0 radical (unpaired) electrons. The van der Waals surface area contributed by atoms with Gasteiger partial charge < -0.3 is 29.8 Å². The molecule has 1 saturated heterocycles. The molecular formula is C32H33N3O5S. The van der Waals surface area contributed by atoms with Crippen LogP contribution in [-0.4, -0.2) is 46.6 Å². The number of thiophene rings is 1. The molecule has 3 heterocycles. The van der Waals surface area contributed by atoms with Crippen molar-refractivity contribution in [3.8, 4) is 0 Å². The standard InChI is InChI=1S/C32H33N3O5S/c33-31-25-20-41-30(27(25)34-21-35-31)32(36)29(39-18-24-14-8-3-9-15-24)28(38-17-23-12-6-2-7-13-23)26(40-32)19-37-16-22-10-4-1-5-11-22/h1-12,14-15,20-21,23,26,28-29,36H,13,16-19H2,(H2,33,34,35)/t23?,26-,28-,29-,32?/m1/s1. The molecule has 0 saturated carbocycles. The first-order chi connectivity index (χ1) is 20.1. The van der Waals surface area contributed by atoms with Crippen LogP contribution in [0.25, 0.3) is 10.9 Å². The van der Waals surface area contributed by atoms with Gasteiger partial charge >= 0.3 is 0 Å². The van der Waals surface area contributed by atoms with Crippen molar-refractivity contribution in [2.75, 3.05) is 18.9 Å². The average molecular weight is 572 g/mol. The highest BCUT2D eigenvalue weighted by Gasteiger charge is 2.58. The lowest BCUT2D eigenvalue weighted by molar-refractivity contribution is -0.250. The SMILES string of the molecule is Nc1ncnc2c(C3(O)O[C@H](COCc4ccccc4)[C@@H](OCC4C=CC=CC4)[C@H]3OCc3ccccc3)scc12. The highest BCUT2D eigenvalue weighted by Crippen LogP contribution is 2.46. The fourth-order valence-corrected chi connectivity index (χ4v) is 6.32. The van der Waals surface area contributed by atoms with E-state index < -0.39 is 24.1 Å². The van der Waals surface area contributed by atoms with Crippen LogP contribution in [0.2, 0.25) is 0 Å². The number of aromatic nitrogens is 2. The third-order valence-electron chi connectivity index (χ3n) is 7.37. The average Bonchev–Trinajstić information content (AvgIpc) is 3.57. The number of nitrogens with two attached hydrogens (primary N) is 1. The van der Waals surface area contributed by atoms with Crippen LogP contribution < -0.4 is 5.73 Å². The van der Waals surface area contributed by atoms with E-state index in [4.69, 9.17) is 24.7 Å². The number of fused-ring (bicyclic) bond motifs is 1. The van der Waals surface area contributed by atoms with Crippen molar-refractivity contribution >= 4 is 28.1 Å². The Hall–Kier alpha value is -3.44. The van der Waals surface area contributed by atoms with E-state index in [0.717, 1.165) is 17.5 Å². The van der Waals surface area contributed by atoms with Crippen LogP contribution in [0.5, 0.6) is 0 Å². The highest BCUT2D eigenvalue weighted by atomic mass is 32.1. The summed E-state index contributed by atoms with van der Waals surface area (Å²) in [5, 5.41) is 14.9. The Kier molecular flexibility index (Phi) is 8.52. The van der Waals surface area contributed by atoms with Crippen LogP contribution in [-0.2, 0) is 37.9 Å². The molecule has 2 unspecified atom stereocenters. The molecule has 9 heteroatoms. The molecule has 8 nitrogen and oxygen atoms in total. The quantitative estimate of drug-likeness (QED) is 0.255. The third-order valence-corrected chi connectivity index (χ3v) is 8.44. The molecule has 0 spiro atoms. The van der Waals surface area contributed by atoms with Crippen molar-refractivity contribution in [2.45, 2.75) is 43.7 Å². The second-order valence-electron chi connectivity index (χ2n) is 10.3. The van der Waals surface area contributed by atoms with Gasteiger partial charge in [0.2, 0.25) is 5.79 Å². The lowest BCUT2D eigenvalue weighted by atomic mass is 10.00. The fourth-order valence-electron chi connectivity index (χ4n) is 5.25. The van der Waals surface area contributed by atoms with Crippen molar-refractivity contribution in [2.24, 2.45) is 5.92 Å². The first-order valence-corrected chi connectivity index (χ1v) is 14.6. The summed E-state index contributed by atoms with van der Waals surface area (Å²) < 4.78 is 25.7. The molecule has 0 bridgehead atoms. The summed E-state index contributed by atoms with van der Waals surface area (Å²) in [7, 11) is 0. The Bertz CT molecular complexity index is 1500. The Labute approximate surface area is 243 Å². The van der Waals surface area contributed by atoms with Gasteiger partial charge in [0.05, 0.1) is 42.2 Å². The minimum atomic E-state index is -1.85. The molecule has 1 fully saturated rings. The number of rotatable bonds is 11. The van der Waals surface area contributed by atoms with Gasteiger partial charge in [0.1, 0.15) is 30.5 Å². The van der Waals surface area contributed by atoms with Crippen molar-refractivity contribution in [1.82, 2.24) is 9.97 Å². The minimum absolute atomic E-state index is 0.202. The van der Waals surface area contributed by atoms with Gasteiger partial charge in [-0.1, -0.05) is 85.0 Å². The molecule has 3 N–H and O–H groups in total. The van der Waals surface area contributed by atoms with E-state index in [9.17, 15) is 5.11 Å². The zero-order valence-corrected chi connectivity index (χ0v) is 23.4. The first-order valence-electron chi connectivity index (χ1n) is 13.7. The molecule has 6 rings (SSSR count). The van der Waals surface area contributed by atoms with Crippen molar-refractivity contribution in [3.63, 3.8) is 0 Å². The monoisotopic (exact) mass is 571 g/mol. The lowest BCUT2D eigenvalue weighted by Crippen LogP contribution is -2.44. The van der Waals surface area contributed by atoms with Gasteiger partial charge in [-0.3, -0.25) is 0 Å². The normalized spacial score (nSPS) is 25.7. The van der Waals surface area contributed by atoms with Crippen LogP contribution in [0.4, 0.5) is 5.82 Å². The maximum Gasteiger partial charge on any atom is 0.234 e. The number of ether oxygens (including phenoxy) is 4. The van der Waals surface area contributed by atoms with Crippen LogP contribution in [0.1, 0.15) is 22.4 Å². The number of nitrogens with zero attached hydrogens (tertiary/aromatic N) is 2. The van der Waals surface area contributed by atoms with Gasteiger partial charge in [-0.05, 0) is 17.5 Å². The summed E-state index contributed by atoms with van der Waals surface area (Å²) in [6.07, 6.45) is 8.51. The van der Waals surface area contributed by atoms with E-state index in [1.165, 1.54) is 17.7 Å². The summed E-state index contributed by atoms with van der Waals surface area (Å²) in [5.41, 5.74) is 8.68. The molecule has 1 aliphatic heterocycles. The van der Waals surface area contributed by atoms with E-state index in [1.807, 2.05) is 78.2 Å². The molecule has 2 aliphatic rings. The lowest BCUT2D eigenvalue weighted by Gasteiger charge is -2.30. The molecule has 41 heavy (non-hydrogen) atoms. The Morgan fingerprint density at radius 3 is 2.44 bits per heavy atom. The van der Waals surface area contributed by atoms with E-state index >= 15 is 0 Å². The Morgan fingerprint density at radius 2 is 1.71 bits per heavy atom. The van der Waals surface area contributed by atoms with Gasteiger partial charge in [-0.2, -0.15) is 0 Å². The third kappa shape index (κ3) is 6.11. The van der Waals surface area contributed by atoms with Gasteiger partial charge in [-0.25, -0.2) is 9.97 Å². The summed E-state index contributed by atoms with van der Waals surface area (Å²) in [6.45, 7) is 1.32. The summed E-state index contributed by atoms with van der Waals surface area (Å²) in [5.74, 6) is -1.30. The van der Waals surface area contributed by atoms with Crippen LogP contribution in [0.15, 0.2) is 96.7 Å². The Morgan fingerprint density at radius 1 is 0.951 bits per heavy atom. The van der Waals surface area contributed by atoms with Crippen molar-refractivity contribution in [1.29, 1.82) is 0 Å². The number of aliphatic hydroxyl groups is 1. The number of anilines is 1. The van der Waals surface area contributed by atoms with Gasteiger partial charge in [0, 0.05) is 11.3 Å². The van der Waals surface area contributed by atoms with Crippen LogP contribution >= 0.6 is 11.3 Å². The second-order valence-corrected chi connectivity index (χ2v) is 11.1. The molecule has 212 valence electrons. The van der Waals surface area contributed by atoms with Gasteiger partial charge in [0.25, 0.3) is 0 Å². The van der Waals surface area contributed by atoms with Gasteiger partial charge in [0.15, 0.2) is 0 Å².